The zero-order chi connectivity index (χ0) is 29.6. The van der Waals surface area contributed by atoms with Crippen LogP contribution in [0.4, 0.5) is 20.6 Å². The van der Waals surface area contributed by atoms with Gasteiger partial charge in [-0.1, -0.05) is 0 Å². The van der Waals surface area contributed by atoms with Crippen molar-refractivity contribution in [3.8, 4) is 6.07 Å². The predicted molar refractivity (Wildman–Crippen MR) is 154 cm³/mol. The summed E-state index contributed by atoms with van der Waals surface area (Å²) in [7, 11) is 1.70. The molecule has 0 unspecified atom stereocenters. The zero-order valence-corrected chi connectivity index (χ0v) is 23.9. The minimum atomic E-state index is -0.602. The van der Waals surface area contributed by atoms with Crippen LogP contribution in [0.25, 0.3) is 21.8 Å². The minimum Gasteiger partial charge on any atom is -0.444 e. The summed E-state index contributed by atoms with van der Waals surface area (Å²) in [5, 5.41) is 17.7. The van der Waals surface area contributed by atoms with Gasteiger partial charge < -0.3 is 15.0 Å². The Bertz CT molecular complexity index is 1710. The highest BCUT2D eigenvalue weighted by Gasteiger charge is 2.36. The second-order valence-electron chi connectivity index (χ2n) is 11.5. The molecule has 2 aromatic carbocycles. The van der Waals surface area contributed by atoms with Crippen LogP contribution in [0, 0.1) is 17.1 Å². The number of aromatic nitrogens is 3. The first-order valence-corrected chi connectivity index (χ1v) is 13.4. The lowest BCUT2D eigenvalue weighted by Crippen LogP contribution is -2.59. The highest BCUT2D eigenvalue weighted by molar-refractivity contribution is 6.14. The molecule has 10 nitrogen and oxygen atoms in total. The number of aryl methyl sites for hydroxylation is 1. The molecule has 1 aliphatic rings. The average molecular weight is 558 g/mol. The monoisotopic (exact) mass is 557 g/mol. The van der Waals surface area contributed by atoms with Crippen LogP contribution in [0.2, 0.25) is 0 Å². The summed E-state index contributed by atoms with van der Waals surface area (Å²) in [6.07, 6.45) is 2.74. The summed E-state index contributed by atoms with van der Waals surface area (Å²) in [5.41, 5.74) is 1.77. The Balaban J connectivity index is 1.47. The topological polar surface area (TPSA) is 116 Å². The number of fused-ring (bicyclic) bond motifs is 2. The lowest BCUT2D eigenvalue weighted by molar-refractivity contribution is 0.00567. The van der Waals surface area contributed by atoms with Crippen molar-refractivity contribution in [3.63, 3.8) is 0 Å². The van der Waals surface area contributed by atoms with Crippen LogP contribution in [-0.4, -0.2) is 62.4 Å². The van der Waals surface area contributed by atoms with Crippen LogP contribution in [0.5, 0.6) is 0 Å². The molecule has 0 saturated carbocycles. The number of carbonyl (C=O) groups is 2. The largest absolute Gasteiger partial charge is 0.444 e. The number of carbonyl (C=O) groups excluding carboxylic acids is 2. The number of piperazine rings is 1. The van der Waals surface area contributed by atoms with Crippen molar-refractivity contribution in [1.29, 1.82) is 5.26 Å². The molecule has 0 radical (unpaired) electrons. The smallest absolute Gasteiger partial charge is 0.410 e. The second kappa shape index (κ2) is 10.4. The van der Waals surface area contributed by atoms with Gasteiger partial charge in [-0.15, -0.1) is 0 Å². The third-order valence-electron chi connectivity index (χ3n) is 7.00. The molecular weight excluding hydrogens is 525 g/mol. The molecule has 0 aliphatic carbocycles. The van der Waals surface area contributed by atoms with Gasteiger partial charge >= 0.3 is 6.09 Å². The van der Waals surface area contributed by atoms with Gasteiger partial charge in [-0.3, -0.25) is 19.4 Å². The number of rotatable bonds is 3. The fourth-order valence-corrected chi connectivity index (χ4v) is 5.40. The van der Waals surface area contributed by atoms with Gasteiger partial charge in [0.25, 0.3) is 5.91 Å². The van der Waals surface area contributed by atoms with E-state index in [-0.39, 0.29) is 29.3 Å². The lowest BCUT2D eigenvalue weighted by atomic mass is 10.0. The number of amides is 2. The van der Waals surface area contributed by atoms with Crippen molar-refractivity contribution in [2.75, 3.05) is 23.3 Å². The van der Waals surface area contributed by atoms with Gasteiger partial charge in [0.2, 0.25) is 0 Å². The number of hydrogen-bond acceptors (Lipinski definition) is 7. The summed E-state index contributed by atoms with van der Waals surface area (Å²) in [4.78, 5) is 34.7. The van der Waals surface area contributed by atoms with Crippen molar-refractivity contribution in [2.45, 2.75) is 52.3 Å². The molecule has 0 bridgehead atoms. The molecule has 1 N–H and O–H groups in total. The van der Waals surface area contributed by atoms with Gasteiger partial charge in [-0.2, -0.15) is 10.4 Å². The Hall–Kier alpha value is -4.72. The average Bonchev–Trinajstić information content (AvgIpc) is 3.26. The maximum atomic E-state index is 14.6. The van der Waals surface area contributed by atoms with Gasteiger partial charge in [0, 0.05) is 54.7 Å². The molecule has 1 saturated heterocycles. The molecule has 0 spiro atoms. The first-order chi connectivity index (χ1) is 19.3. The maximum Gasteiger partial charge on any atom is 0.410 e. The van der Waals surface area contributed by atoms with Gasteiger partial charge in [0.05, 0.1) is 28.7 Å². The molecule has 1 aliphatic heterocycles. The molecule has 1 fully saturated rings. The van der Waals surface area contributed by atoms with E-state index in [0.29, 0.717) is 40.6 Å². The number of anilines is 2. The summed E-state index contributed by atoms with van der Waals surface area (Å²) >= 11 is 0. The van der Waals surface area contributed by atoms with E-state index in [9.17, 15) is 19.2 Å². The van der Waals surface area contributed by atoms with Crippen LogP contribution < -0.4 is 10.2 Å². The molecule has 2 atom stereocenters. The van der Waals surface area contributed by atoms with Crippen molar-refractivity contribution in [3.05, 3.63) is 59.7 Å². The van der Waals surface area contributed by atoms with Crippen molar-refractivity contribution in [1.82, 2.24) is 19.7 Å². The lowest BCUT2D eigenvalue weighted by Gasteiger charge is -2.45. The van der Waals surface area contributed by atoms with Gasteiger partial charge in [0.15, 0.2) is 5.82 Å². The van der Waals surface area contributed by atoms with Crippen molar-refractivity contribution < 1.29 is 18.7 Å². The van der Waals surface area contributed by atoms with Crippen LogP contribution in [0.15, 0.2) is 42.7 Å². The molecule has 2 aromatic heterocycles. The van der Waals surface area contributed by atoms with Crippen molar-refractivity contribution >= 4 is 45.2 Å². The quantitative estimate of drug-likeness (QED) is 0.367. The third kappa shape index (κ3) is 5.50. The van der Waals surface area contributed by atoms with Crippen LogP contribution in [-0.2, 0) is 11.8 Å². The van der Waals surface area contributed by atoms with Crippen molar-refractivity contribution in [2.24, 2.45) is 7.05 Å². The fourth-order valence-electron chi connectivity index (χ4n) is 5.40. The van der Waals surface area contributed by atoms with E-state index in [0.717, 1.165) is 5.69 Å². The van der Waals surface area contributed by atoms with E-state index in [1.165, 1.54) is 16.9 Å². The number of pyridine rings is 1. The molecule has 5 rings (SSSR count). The third-order valence-corrected chi connectivity index (χ3v) is 7.00. The Morgan fingerprint density at radius 2 is 1.83 bits per heavy atom. The number of ether oxygens (including phenoxy) is 1. The first kappa shape index (κ1) is 27.8. The summed E-state index contributed by atoms with van der Waals surface area (Å²) in [6, 6.07) is 9.93. The van der Waals surface area contributed by atoms with Crippen LogP contribution in [0.3, 0.4) is 0 Å². The second-order valence-corrected chi connectivity index (χ2v) is 11.5. The highest BCUT2D eigenvalue weighted by atomic mass is 19.1. The molecule has 11 heteroatoms. The Morgan fingerprint density at radius 3 is 2.49 bits per heavy atom. The molecule has 4 aromatic rings. The Kier molecular flexibility index (Phi) is 7.03. The van der Waals surface area contributed by atoms with E-state index in [4.69, 9.17) is 4.74 Å². The standard InChI is InChI=1S/C30H32FN7O3/c1-17-14-37(15-18(2)38(17)29(40)41-30(3,4)5)25-8-7-22(27-23(25)9-19(12-32)13-33-27)28(39)34-21-10-20-16-36(6)35-26(20)24(31)11-21/h7-11,13,16-18H,14-15H2,1-6H3,(H,34,39)/t17-,18+. The van der Waals surface area contributed by atoms with Gasteiger partial charge in [-0.25, -0.2) is 9.18 Å². The summed E-state index contributed by atoms with van der Waals surface area (Å²) in [5.74, 6) is -0.998. The summed E-state index contributed by atoms with van der Waals surface area (Å²) < 4.78 is 21.8. The fraction of sp³-hybridized carbons (Fsp3) is 0.367. The normalized spacial score (nSPS) is 17.5. The minimum absolute atomic E-state index is 0.156. The maximum absolute atomic E-state index is 14.6. The zero-order valence-electron chi connectivity index (χ0n) is 23.9. The van der Waals surface area contributed by atoms with E-state index in [2.05, 4.69) is 26.4 Å². The molecular formula is C30H32FN7O3. The Labute approximate surface area is 237 Å². The molecule has 2 amide bonds. The predicted octanol–water partition coefficient (Wildman–Crippen LogP) is 5.22. The van der Waals surface area contributed by atoms with E-state index in [1.54, 1.807) is 36.3 Å². The van der Waals surface area contributed by atoms with E-state index >= 15 is 0 Å². The van der Waals surface area contributed by atoms with Crippen LogP contribution >= 0.6 is 0 Å². The number of nitrogens with zero attached hydrogens (tertiary/aromatic N) is 6. The summed E-state index contributed by atoms with van der Waals surface area (Å²) in [6.45, 7) is 10.5. The highest BCUT2D eigenvalue weighted by Crippen LogP contribution is 2.33. The molecule has 41 heavy (non-hydrogen) atoms. The number of nitrogens with one attached hydrogen (secondary N) is 1. The Morgan fingerprint density at radius 1 is 1.12 bits per heavy atom. The number of benzene rings is 2. The van der Waals surface area contributed by atoms with Gasteiger partial charge in [0.1, 0.15) is 17.2 Å². The number of hydrogen-bond donors (Lipinski definition) is 1. The van der Waals surface area contributed by atoms with Gasteiger partial charge in [-0.05, 0) is 65.0 Å². The SMILES string of the molecule is C[C@@H]1CN(c2ccc(C(=O)Nc3cc(F)c4nn(C)cc4c3)c3ncc(C#N)cc23)C[C@H](C)N1C(=O)OC(C)(C)C. The first-order valence-electron chi connectivity index (χ1n) is 13.4. The van der Waals surface area contributed by atoms with E-state index in [1.807, 2.05) is 40.7 Å². The number of halogens is 1. The molecule has 3 heterocycles. The van der Waals surface area contributed by atoms with E-state index < -0.39 is 17.3 Å². The molecule has 212 valence electrons. The number of nitriles is 1. The van der Waals surface area contributed by atoms with Crippen LogP contribution in [0.1, 0.15) is 50.5 Å².